The van der Waals surface area contributed by atoms with Crippen molar-refractivity contribution < 1.29 is 9.90 Å². The van der Waals surface area contributed by atoms with Crippen molar-refractivity contribution in [3.8, 4) is 5.69 Å². The van der Waals surface area contributed by atoms with Gasteiger partial charge in [0.1, 0.15) is 12.7 Å². The summed E-state index contributed by atoms with van der Waals surface area (Å²) in [6.45, 7) is 1.36. The zero-order valence-electron chi connectivity index (χ0n) is 13.7. The quantitative estimate of drug-likeness (QED) is 0.893. The Bertz CT molecular complexity index is 734. The molecule has 1 atom stereocenters. The van der Waals surface area contributed by atoms with Gasteiger partial charge in [-0.15, -0.1) is 10.2 Å². The molecule has 1 aliphatic heterocycles. The molecule has 1 unspecified atom stereocenters. The largest absolute Gasteiger partial charge is 0.387 e. The van der Waals surface area contributed by atoms with Crippen molar-refractivity contribution >= 4 is 17.5 Å². The van der Waals surface area contributed by atoms with Crippen LogP contribution < -0.4 is 0 Å². The summed E-state index contributed by atoms with van der Waals surface area (Å²) in [6.07, 6.45) is 3.69. The lowest BCUT2D eigenvalue weighted by Crippen LogP contribution is -2.43. The predicted octanol–water partition coefficient (Wildman–Crippen LogP) is 1.06. The maximum absolute atomic E-state index is 12.7. The highest BCUT2D eigenvalue weighted by Crippen LogP contribution is 2.27. The number of nitrogens with zero attached hydrogens (tertiary/aromatic N) is 5. The Kier molecular flexibility index (Phi) is 4.58. The summed E-state index contributed by atoms with van der Waals surface area (Å²) in [5, 5.41) is 18.5. The van der Waals surface area contributed by atoms with Crippen molar-refractivity contribution in [2.75, 3.05) is 33.7 Å². The lowest BCUT2D eigenvalue weighted by Gasteiger charge is -2.26. The van der Waals surface area contributed by atoms with Gasteiger partial charge in [-0.3, -0.25) is 9.36 Å². The Morgan fingerprint density at radius 3 is 2.71 bits per heavy atom. The predicted molar refractivity (Wildman–Crippen MR) is 90.4 cm³/mol. The molecular weight excluding hydrogens is 330 g/mol. The number of β-amino-alcohol motifs (C(OH)–C–C–N with tert-alkyl or cyclic N) is 1. The molecule has 0 spiro atoms. The molecule has 1 saturated heterocycles. The zero-order valence-corrected chi connectivity index (χ0v) is 14.4. The first-order valence-electron chi connectivity index (χ1n) is 7.69. The highest BCUT2D eigenvalue weighted by atomic mass is 35.5. The molecule has 3 rings (SSSR count). The lowest BCUT2D eigenvalue weighted by atomic mass is 10.0. The van der Waals surface area contributed by atoms with Gasteiger partial charge in [-0.05, 0) is 38.7 Å². The van der Waals surface area contributed by atoms with Crippen molar-refractivity contribution in [2.24, 2.45) is 0 Å². The molecule has 8 heteroatoms. The molecule has 1 amide bonds. The standard InChI is InChI=1S/C16H20ClN5O2/c1-20(2)8-16(24)5-6-21(9-16)15(23)13-4-3-12(7-14(13)17)22-10-18-19-11-22/h3-4,7,10-11,24H,5-6,8-9H2,1-2H3. The molecule has 0 radical (unpaired) electrons. The van der Waals surface area contributed by atoms with E-state index in [1.54, 1.807) is 40.3 Å². The number of carbonyl (C=O) groups excluding carboxylic acids is 1. The first-order valence-corrected chi connectivity index (χ1v) is 8.07. The summed E-state index contributed by atoms with van der Waals surface area (Å²) < 4.78 is 1.71. The molecule has 2 heterocycles. The number of hydrogen-bond acceptors (Lipinski definition) is 5. The topological polar surface area (TPSA) is 74.5 Å². The van der Waals surface area contributed by atoms with Crippen LogP contribution >= 0.6 is 11.6 Å². The third-order valence-electron chi connectivity index (χ3n) is 4.13. The molecule has 1 aromatic carbocycles. The second-order valence-corrected chi connectivity index (χ2v) is 6.88. The highest BCUT2D eigenvalue weighted by Gasteiger charge is 2.39. The van der Waals surface area contributed by atoms with Gasteiger partial charge in [-0.25, -0.2) is 0 Å². The van der Waals surface area contributed by atoms with Crippen LogP contribution in [0.4, 0.5) is 0 Å². The lowest BCUT2D eigenvalue weighted by molar-refractivity contribution is 0.0236. The van der Waals surface area contributed by atoms with Crippen molar-refractivity contribution in [1.82, 2.24) is 24.6 Å². The van der Waals surface area contributed by atoms with E-state index in [1.165, 1.54) is 0 Å². The molecule has 0 aliphatic carbocycles. The Morgan fingerprint density at radius 1 is 1.38 bits per heavy atom. The summed E-state index contributed by atoms with van der Waals surface area (Å²) in [4.78, 5) is 16.3. The zero-order chi connectivity index (χ0) is 17.3. The fourth-order valence-corrected chi connectivity index (χ4v) is 3.35. The number of likely N-dealkylation sites (tertiary alicyclic amines) is 1. The van der Waals surface area contributed by atoms with Crippen molar-refractivity contribution in [1.29, 1.82) is 0 Å². The minimum Gasteiger partial charge on any atom is -0.387 e. The Balaban J connectivity index is 1.76. The molecule has 24 heavy (non-hydrogen) atoms. The van der Waals surface area contributed by atoms with Crippen LogP contribution in [0.1, 0.15) is 16.8 Å². The van der Waals surface area contributed by atoms with Gasteiger partial charge < -0.3 is 14.9 Å². The van der Waals surface area contributed by atoms with E-state index in [4.69, 9.17) is 11.6 Å². The summed E-state index contributed by atoms with van der Waals surface area (Å²) in [6, 6.07) is 5.20. The fourth-order valence-electron chi connectivity index (χ4n) is 3.09. The van der Waals surface area contributed by atoms with Crippen LogP contribution in [0, 0.1) is 0 Å². The number of hydrogen-bond donors (Lipinski definition) is 1. The van der Waals surface area contributed by atoms with Crippen LogP contribution in [0.5, 0.6) is 0 Å². The average molecular weight is 350 g/mol. The third kappa shape index (κ3) is 3.43. The number of amides is 1. The molecule has 1 fully saturated rings. The molecular formula is C16H20ClN5O2. The van der Waals surface area contributed by atoms with Gasteiger partial charge in [-0.1, -0.05) is 11.6 Å². The Hall–Kier alpha value is -1.96. The summed E-state index contributed by atoms with van der Waals surface area (Å²) in [5.74, 6) is -0.162. The second kappa shape index (κ2) is 6.51. The van der Waals surface area contributed by atoms with Crippen molar-refractivity contribution in [2.45, 2.75) is 12.0 Å². The Morgan fingerprint density at radius 2 is 2.08 bits per heavy atom. The minimum atomic E-state index is -0.867. The summed E-state index contributed by atoms with van der Waals surface area (Å²) >= 11 is 6.30. The van der Waals surface area contributed by atoms with Gasteiger partial charge in [0.2, 0.25) is 0 Å². The van der Waals surface area contributed by atoms with E-state index in [-0.39, 0.29) is 5.91 Å². The van der Waals surface area contributed by atoms with E-state index < -0.39 is 5.60 Å². The second-order valence-electron chi connectivity index (χ2n) is 6.47. The molecule has 1 aromatic heterocycles. The number of carbonyl (C=O) groups is 1. The van der Waals surface area contributed by atoms with Gasteiger partial charge in [0.25, 0.3) is 5.91 Å². The van der Waals surface area contributed by atoms with E-state index in [1.807, 2.05) is 19.0 Å². The van der Waals surface area contributed by atoms with Crippen LogP contribution in [0.3, 0.4) is 0 Å². The molecule has 128 valence electrons. The van der Waals surface area contributed by atoms with Gasteiger partial charge in [-0.2, -0.15) is 0 Å². The van der Waals surface area contributed by atoms with Crippen LogP contribution in [0.2, 0.25) is 5.02 Å². The first-order chi connectivity index (χ1) is 11.4. The van der Waals surface area contributed by atoms with E-state index in [2.05, 4.69) is 10.2 Å². The number of aromatic nitrogens is 3. The fraction of sp³-hybridized carbons (Fsp3) is 0.438. The van der Waals surface area contributed by atoms with Crippen molar-refractivity contribution in [3.05, 3.63) is 41.4 Å². The number of halogens is 1. The molecule has 2 aromatic rings. The van der Waals surface area contributed by atoms with Crippen LogP contribution in [-0.2, 0) is 0 Å². The van der Waals surface area contributed by atoms with Gasteiger partial charge in [0, 0.05) is 18.8 Å². The SMILES string of the molecule is CN(C)CC1(O)CCN(C(=O)c2ccc(-n3cnnc3)cc2Cl)C1. The van der Waals surface area contributed by atoms with E-state index in [0.717, 1.165) is 5.69 Å². The maximum atomic E-state index is 12.7. The van der Waals surface area contributed by atoms with E-state index >= 15 is 0 Å². The monoisotopic (exact) mass is 349 g/mol. The normalized spacial score (nSPS) is 20.8. The van der Waals surface area contributed by atoms with E-state index in [9.17, 15) is 9.90 Å². The summed E-state index contributed by atoms with van der Waals surface area (Å²) in [5.41, 5.74) is 0.350. The number of likely N-dealkylation sites (N-methyl/N-ethyl adjacent to an activating group) is 1. The molecule has 0 saturated carbocycles. The van der Waals surface area contributed by atoms with Crippen LogP contribution in [0.15, 0.2) is 30.9 Å². The number of aliphatic hydroxyl groups is 1. The van der Waals surface area contributed by atoms with Gasteiger partial charge in [0.15, 0.2) is 0 Å². The van der Waals surface area contributed by atoms with Crippen LogP contribution in [-0.4, -0.2) is 74.9 Å². The maximum Gasteiger partial charge on any atom is 0.255 e. The highest BCUT2D eigenvalue weighted by molar-refractivity contribution is 6.34. The smallest absolute Gasteiger partial charge is 0.255 e. The van der Waals surface area contributed by atoms with Gasteiger partial charge >= 0.3 is 0 Å². The molecule has 1 N–H and O–H groups in total. The van der Waals surface area contributed by atoms with Gasteiger partial charge in [0.05, 0.1) is 22.7 Å². The summed E-state index contributed by atoms with van der Waals surface area (Å²) in [7, 11) is 3.81. The molecule has 1 aliphatic rings. The minimum absolute atomic E-state index is 0.162. The molecule has 0 bridgehead atoms. The number of rotatable bonds is 4. The Labute approximate surface area is 145 Å². The number of benzene rings is 1. The van der Waals surface area contributed by atoms with Crippen molar-refractivity contribution in [3.63, 3.8) is 0 Å². The average Bonchev–Trinajstić information content (AvgIpc) is 3.15. The third-order valence-corrected chi connectivity index (χ3v) is 4.44. The first kappa shape index (κ1) is 16.9. The van der Waals surface area contributed by atoms with E-state index in [0.29, 0.717) is 36.6 Å². The van der Waals surface area contributed by atoms with Crippen LogP contribution in [0.25, 0.3) is 5.69 Å². The molecule has 7 nitrogen and oxygen atoms in total.